The summed E-state index contributed by atoms with van der Waals surface area (Å²) in [5, 5.41) is -0.549. The van der Waals surface area contributed by atoms with E-state index in [-0.39, 0.29) is 0 Å². The van der Waals surface area contributed by atoms with Gasteiger partial charge in [-0.15, -0.1) is 6.42 Å². The van der Waals surface area contributed by atoms with Crippen molar-refractivity contribution >= 4 is 22.7 Å². The first-order valence-corrected chi connectivity index (χ1v) is 6.16. The Morgan fingerprint density at radius 2 is 1.74 bits per heavy atom. The topological polar surface area (TPSA) is 20.3 Å². The Labute approximate surface area is 117 Å². The maximum absolute atomic E-state index is 11.6. The molecule has 0 radical (unpaired) electrons. The Bertz CT molecular complexity index is 616. The van der Waals surface area contributed by atoms with E-state index < -0.39 is 5.37 Å². The fraction of sp³-hybridized carbons (Fsp3) is 0.0625. The van der Waals surface area contributed by atoms with Crippen LogP contribution in [0, 0.1) is 12.3 Å². The highest BCUT2D eigenvalue weighted by molar-refractivity contribution is 6.66. The molecule has 0 aliphatic rings. The summed E-state index contributed by atoms with van der Waals surface area (Å²) < 4.78 is 0. The Morgan fingerprint density at radius 1 is 1.11 bits per heavy atom. The van der Waals surface area contributed by atoms with Crippen molar-refractivity contribution in [3.05, 3.63) is 65.7 Å². The van der Waals surface area contributed by atoms with Gasteiger partial charge in [-0.05, 0) is 29.3 Å². The average Bonchev–Trinajstić information content (AvgIpc) is 2.45. The molecule has 0 aliphatic carbocycles. The van der Waals surface area contributed by atoms with Gasteiger partial charge >= 0.3 is 5.37 Å². The van der Waals surface area contributed by atoms with Crippen LogP contribution in [0.3, 0.4) is 0 Å². The molecular weight excluding hydrogens is 258 g/mol. The van der Waals surface area contributed by atoms with E-state index in [9.17, 15) is 4.79 Å². The van der Waals surface area contributed by atoms with Crippen LogP contribution in [0.15, 0.2) is 54.6 Å². The first-order chi connectivity index (χ1) is 9.22. The third-order valence-electron chi connectivity index (χ3n) is 2.75. The molecule has 0 unspecified atom stereocenters. The van der Waals surface area contributed by atoms with Gasteiger partial charge in [-0.25, -0.2) is 0 Å². The minimum absolute atomic E-state index is 0.391. The van der Waals surface area contributed by atoms with Gasteiger partial charge in [0.2, 0.25) is 0 Å². The molecule has 3 heteroatoms. The maximum Gasteiger partial charge on any atom is 0.321 e. The van der Waals surface area contributed by atoms with Gasteiger partial charge in [-0.1, -0.05) is 48.4 Å². The minimum Gasteiger partial charge on any atom is -0.293 e. The van der Waals surface area contributed by atoms with Crippen molar-refractivity contribution in [1.29, 1.82) is 0 Å². The van der Waals surface area contributed by atoms with Gasteiger partial charge in [0.15, 0.2) is 0 Å². The Kier molecular flexibility index (Phi) is 4.22. The van der Waals surface area contributed by atoms with Gasteiger partial charge < -0.3 is 0 Å². The standard InChI is InChI=1S/C16H12ClNO/c1-2-14-10-6-7-11-15(14)18(16(17)19)12-13-8-4-3-5-9-13/h1,3-11H,12H2. The summed E-state index contributed by atoms with van der Waals surface area (Å²) >= 11 is 5.68. The van der Waals surface area contributed by atoms with E-state index in [2.05, 4.69) is 5.92 Å². The molecular formula is C16H12ClNO. The quantitative estimate of drug-likeness (QED) is 0.468. The average molecular weight is 270 g/mol. The lowest BCUT2D eigenvalue weighted by Crippen LogP contribution is -2.25. The van der Waals surface area contributed by atoms with Crippen molar-refractivity contribution in [1.82, 2.24) is 0 Å². The molecule has 1 amide bonds. The molecule has 19 heavy (non-hydrogen) atoms. The zero-order valence-corrected chi connectivity index (χ0v) is 11.0. The summed E-state index contributed by atoms with van der Waals surface area (Å²) in [6.07, 6.45) is 5.45. The number of rotatable bonds is 3. The SMILES string of the molecule is C#Cc1ccccc1N(Cc1ccccc1)C(=O)Cl. The minimum atomic E-state index is -0.549. The molecule has 2 aromatic carbocycles. The molecule has 0 N–H and O–H groups in total. The molecule has 0 saturated carbocycles. The second kappa shape index (κ2) is 6.08. The fourth-order valence-electron chi connectivity index (χ4n) is 1.84. The van der Waals surface area contributed by atoms with Crippen molar-refractivity contribution in [2.24, 2.45) is 0 Å². The predicted molar refractivity (Wildman–Crippen MR) is 78.3 cm³/mol. The van der Waals surface area contributed by atoms with E-state index in [1.807, 2.05) is 42.5 Å². The molecule has 0 aromatic heterocycles. The zero-order chi connectivity index (χ0) is 13.7. The van der Waals surface area contributed by atoms with Crippen LogP contribution in [0.5, 0.6) is 0 Å². The van der Waals surface area contributed by atoms with E-state index in [0.717, 1.165) is 5.56 Å². The summed E-state index contributed by atoms with van der Waals surface area (Å²) in [4.78, 5) is 13.1. The summed E-state index contributed by atoms with van der Waals surface area (Å²) in [5.41, 5.74) is 2.28. The van der Waals surface area contributed by atoms with E-state index in [4.69, 9.17) is 18.0 Å². The third kappa shape index (κ3) is 3.15. The van der Waals surface area contributed by atoms with E-state index >= 15 is 0 Å². The van der Waals surface area contributed by atoms with Crippen molar-refractivity contribution in [2.75, 3.05) is 4.90 Å². The van der Waals surface area contributed by atoms with Crippen LogP contribution in [0.1, 0.15) is 11.1 Å². The molecule has 0 saturated heterocycles. The van der Waals surface area contributed by atoms with E-state index in [1.54, 1.807) is 12.1 Å². The van der Waals surface area contributed by atoms with Crippen LogP contribution in [0.4, 0.5) is 10.5 Å². The van der Waals surface area contributed by atoms with E-state index in [1.165, 1.54) is 4.90 Å². The molecule has 0 aliphatic heterocycles. The van der Waals surface area contributed by atoms with Gasteiger partial charge in [0.1, 0.15) is 0 Å². The Hall–Kier alpha value is -2.24. The summed E-state index contributed by atoms with van der Waals surface area (Å²) in [5.74, 6) is 2.56. The molecule has 0 bridgehead atoms. The van der Waals surface area contributed by atoms with Crippen molar-refractivity contribution in [3.8, 4) is 12.3 Å². The highest BCUT2D eigenvalue weighted by Crippen LogP contribution is 2.23. The number of hydrogen-bond donors (Lipinski definition) is 0. The summed E-state index contributed by atoms with van der Waals surface area (Å²) in [6, 6.07) is 16.9. The van der Waals surface area contributed by atoms with Gasteiger partial charge in [0.05, 0.1) is 12.2 Å². The zero-order valence-electron chi connectivity index (χ0n) is 10.2. The molecule has 0 fully saturated rings. The second-order valence-corrected chi connectivity index (χ2v) is 4.31. The largest absolute Gasteiger partial charge is 0.321 e. The lowest BCUT2D eigenvalue weighted by molar-refractivity contribution is 0.264. The van der Waals surface area contributed by atoms with Crippen LogP contribution >= 0.6 is 11.6 Å². The highest BCUT2D eigenvalue weighted by atomic mass is 35.5. The van der Waals surface area contributed by atoms with Crippen LogP contribution in [-0.2, 0) is 6.54 Å². The normalized spacial score (nSPS) is 9.68. The number of nitrogens with zero attached hydrogens (tertiary/aromatic N) is 1. The number of anilines is 1. The number of halogens is 1. The molecule has 2 rings (SSSR count). The first kappa shape index (κ1) is 13.2. The monoisotopic (exact) mass is 269 g/mol. The fourth-order valence-corrected chi connectivity index (χ4v) is 1.99. The van der Waals surface area contributed by atoms with Crippen LogP contribution < -0.4 is 4.90 Å². The molecule has 2 aromatic rings. The maximum atomic E-state index is 11.6. The number of amides is 1. The van der Waals surface area contributed by atoms with Gasteiger partial charge in [-0.2, -0.15) is 0 Å². The Balaban J connectivity index is 2.36. The first-order valence-electron chi connectivity index (χ1n) is 5.79. The number of carbonyl (C=O) groups is 1. The molecule has 2 nitrogen and oxygen atoms in total. The molecule has 0 spiro atoms. The Morgan fingerprint density at radius 3 is 2.37 bits per heavy atom. The number of hydrogen-bond acceptors (Lipinski definition) is 1. The second-order valence-electron chi connectivity index (χ2n) is 3.99. The highest BCUT2D eigenvalue weighted by Gasteiger charge is 2.16. The van der Waals surface area contributed by atoms with Crippen LogP contribution in [0.25, 0.3) is 0 Å². The van der Waals surface area contributed by atoms with Crippen LogP contribution in [0.2, 0.25) is 0 Å². The van der Waals surface area contributed by atoms with Crippen molar-refractivity contribution < 1.29 is 4.79 Å². The van der Waals surface area contributed by atoms with E-state index in [0.29, 0.717) is 17.8 Å². The lowest BCUT2D eigenvalue weighted by Gasteiger charge is -2.21. The lowest BCUT2D eigenvalue weighted by atomic mass is 10.1. The summed E-state index contributed by atoms with van der Waals surface area (Å²) in [7, 11) is 0. The van der Waals surface area contributed by atoms with Crippen LogP contribution in [-0.4, -0.2) is 5.37 Å². The number of terminal acetylenes is 1. The summed E-state index contributed by atoms with van der Waals surface area (Å²) in [6.45, 7) is 0.391. The van der Waals surface area contributed by atoms with Gasteiger partial charge in [-0.3, -0.25) is 9.69 Å². The van der Waals surface area contributed by atoms with Crippen molar-refractivity contribution in [2.45, 2.75) is 6.54 Å². The predicted octanol–water partition coefficient (Wildman–Crippen LogP) is 4.03. The third-order valence-corrected chi connectivity index (χ3v) is 2.95. The number of benzene rings is 2. The smallest absolute Gasteiger partial charge is 0.293 e. The number of carbonyl (C=O) groups excluding carboxylic acids is 1. The van der Waals surface area contributed by atoms with Gasteiger partial charge in [0, 0.05) is 5.56 Å². The van der Waals surface area contributed by atoms with Crippen molar-refractivity contribution in [3.63, 3.8) is 0 Å². The van der Waals surface area contributed by atoms with Gasteiger partial charge in [0.25, 0.3) is 0 Å². The molecule has 94 valence electrons. The molecule has 0 heterocycles. The molecule has 0 atom stereocenters. The number of para-hydroxylation sites is 1.